The van der Waals surface area contributed by atoms with Gasteiger partial charge in [0, 0.05) is 6.20 Å². The molecule has 6 heteroatoms. The zero-order valence-corrected chi connectivity index (χ0v) is 8.57. The molecule has 0 aliphatic rings. The van der Waals surface area contributed by atoms with Crippen LogP contribution < -0.4 is 5.73 Å². The second kappa shape index (κ2) is 5.96. The first-order valence-corrected chi connectivity index (χ1v) is 3.97. The number of carboxylic acids is 1. The summed E-state index contributed by atoms with van der Waals surface area (Å²) in [5.74, 6) is -1.05. The number of nitrogens with two attached hydrogens (primary N) is 1. The van der Waals surface area contributed by atoms with Crippen molar-refractivity contribution in [3.8, 4) is 6.07 Å². The maximum Gasteiger partial charge on any atom is 0.320 e. The summed E-state index contributed by atoms with van der Waals surface area (Å²) in [6.45, 7) is 0. The summed E-state index contributed by atoms with van der Waals surface area (Å²) in [6.07, 6.45) is 1.68. The van der Waals surface area contributed by atoms with Crippen LogP contribution in [0.25, 0.3) is 0 Å². The Labute approximate surface area is 93.0 Å². The summed E-state index contributed by atoms with van der Waals surface area (Å²) in [7, 11) is 0. The highest BCUT2D eigenvalue weighted by atomic mass is 35.5. The lowest BCUT2D eigenvalue weighted by Crippen LogP contribution is -2.32. The van der Waals surface area contributed by atoms with Crippen molar-refractivity contribution in [2.75, 3.05) is 0 Å². The predicted octanol–water partition coefficient (Wildman–Crippen LogP) is 0.329. The summed E-state index contributed by atoms with van der Waals surface area (Å²) in [6, 6.07) is 4.12. The second-order valence-corrected chi connectivity index (χ2v) is 2.81. The van der Waals surface area contributed by atoms with Crippen LogP contribution >= 0.6 is 12.4 Å². The Balaban J connectivity index is 0.00000196. The molecule has 0 saturated carbocycles. The van der Waals surface area contributed by atoms with E-state index >= 15 is 0 Å². The number of hydrogen-bond acceptors (Lipinski definition) is 4. The molecule has 3 N–H and O–H groups in total. The molecule has 1 aromatic rings. The van der Waals surface area contributed by atoms with Crippen molar-refractivity contribution in [3.63, 3.8) is 0 Å². The van der Waals surface area contributed by atoms with Gasteiger partial charge in [0.1, 0.15) is 17.8 Å². The molecular formula is C9H10ClN3O2. The number of aromatic nitrogens is 1. The molecule has 0 aromatic carbocycles. The van der Waals surface area contributed by atoms with Crippen LogP contribution in [0.2, 0.25) is 0 Å². The van der Waals surface area contributed by atoms with Gasteiger partial charge in [0.05, 0.1) is 0 Å². The smallest absolute Gasteiger partial charge is 0.320 e. The lowest BCUT2D eigenvalue weighted by molar-refractivity contribution is -0.138. The Bertz CT molecular complexity index is 372. The van der Waals surface area contributed by atoms with E-state index in [1.807, 2.05) is 6.07 Å². The van der Waals surface area contributed by atoms with Crippen molar-refractivity contribution in [2.24, 2.45) is 5.73 Å². The Kier molecular flexibility index (Phi) is 5.31. The third-order valence-corrected chi connectivity index (χ3v) is 1.71. The molecule has 80 valence electrons. The minimum absolute atomic E-state index is 0. The molecule has 5 nitrogen and oxygen atoms in total. The van der Waals surface area contributed by atoms with Gasteiger partial charge >= 0.3 is 5.97 Å². The standard InChI is InChI=1S/C9H9N3O2.ClH/c10-4-7-2-1-6(5-12-7)3-8(11)9(13)14;/h1-2,5,8H,3,11H2,(H,13,14);1H. The monoisotopic (exact) mass is 227 g/mol. The summed E-state index contributed by atoms with van der Waals surface area (Å²) >= 11 is 0. The Hall–Kier alpha value is -1.64. The van der Waals surface area contributed by atoms with Gasteiger partial charge in [0.25, 0.3) is 0 Å². The number of nitriles is 1. The van der Waals surface area contributed by atoms with E-state index in [0.29, 0.717) is 11.3 Å². The van der Waals surface area contributed by atoms with Gasteiger partial charge in [-0.3, -0.25) is 4.79 Å². The van der Waals surface area contributed by atoms with Crippen LogP contribution in [-0.2, 0) is 11.2 Å². The van der Waals surface area contributed by atoms with E-state index < -0.39 is 12.0 Å². The third kappa shape index (κ3) is 3.94. The van der Waals surface area contributed by atoms with Crippen molar-refractivity contribution in [1.29, 1.82) is 5.26 Å². The molecule has 0 bridgehead atoms. The van der Waals surface area contributed by atoms with Crippen molar-refractivity contribution in [3.05, 3.63) is 29.6 Å². The number of carboxylic acid groups (broad SMARTS) is 1. The first kappa shape index (κ1) is 13.4. The number of aliphatic carboxylic acids is 1. The van der Waals surface area contributed by atoms with E-state index in [4.69, 9.17) is 16.1 Å². The van der Waals surface area contributed by atoms with Crippen LogP contribution in [0.1, 0.15) is 11.3 Å². The number of hydrogen-bond donors (Lipinski definition) is 2. The van der Waals surface area contributed by atoms with Gasteiger partial charge in [0.2, 0.25) is 0 Å². The first-order valence-electron chi connectivity index (χ1n) is 3.97. The van der Waals surface area contributed by atoms with Gasteiger partial charge in [-0.15, -0.1) is 12.4 Å². The first-order chi connectivity index (χ1) is 6.63. The van der Waals surface area contributed by atoms with E-state index in [1.54, 1.807) is 6.07 Å². The molecule has 1 atom stereocenters. The molecule has 1 aromatic heterocycles. The zero-order chi connectivity index (χ0) is 10.6. The fourth-order valence-electron chi connectivity index (χ4n) is 0.953. The highest BCUT2D eigenvalue weighted by molar-refractivity contribution is 5.85. The highest BCUT2D eigenvalue weighted by Crippen LogP contribution is 2.02. The van der Waals surface area contributed by atoms with Crippen molar-refractivity contribution in [1.82, 2.24) is 4.98 Å². The molecule has 1 unspecified atom stereocenters. The fourth-order valence-corrected chi connectivity index (χ4v) is 0.953. The van der Waals surface area contributed by atoms with Gasteiger partial charge in [-0.1, -0.05) is 6.07 Å². The van der Waals surface area contributed by atoms with Crippen molar-refractivity contribution in [2.45, 2.75) is 12.5 Å². The minimum atomic E-state index is -1.05. The van der Waals surface area contributed by atoms with E-state index in [2.05, 4.69) is 4.98 Å². The molecular weight excluding hydrogens is 218 g/mol. The topological polar surface area (TPSA) is 100 Å². The zero-order valence-electron chi connectivity index (χ0n) is 7.75. The summed E-state index contributed by atoms with van der Waals surface area (Å²) in [5.41, 5.74) is 6.34. The van der Waals surface area contributed by atoms with Gasteiger partial charge in [-0.25, -0.2) is 4.98 Å². The van der Waals surface area contributed by atoms with Crippen molar-refractivity contribution >= 4 is 18.4 Å². The predicted molar refractivity (Wildman–Crippen MR) is 55.5 cm³/mol. The Morgan fingerprint density at radius 2 is 2.33 bits per heavy atom. The van der Waals surface area contributed by atoms with Gasteiger partial charge in [-0.2, -0.15) is 5.26 Å². The van der Waals surface area contributed by atoms with Crippen LogP contribution in [0.3, 0.4) is 0 Å². The van der Waals surface area contributed by atoms with Gasteiger partial charge in [-0.05, 0) is 18.1 Å². The Morgan fingerprint density at radius 1 is 1.67 bits per heavy atom. The molecule has 0 fully saturated rings. The molecule has 0 radical (unpaired) electrons. The molecule has 0 aliphatic carbocycles. The number of nitrogens with zero attached hydrogens (tertiary/aromatic N) is 2. The largest absolute Gasteiger partial charge is 0.480 e. The average molecular weight is 228 g/mol. The second-order valence-electron chi connectivity index (χ2n) is 2.81. The third-order valence-electron chi connectivity index (χ3n) is 1.71. The maximum absolute atomic E-state index is 10.4. The lowest BCUT2D eigenvalue weighted by atomic mass is 10.1. The SMILES string of the molecule is Cl.N#Cc1ccc(CC(N)C(=O)O)cn1. The quantitative estimate of drug-likeness (QED) is 0.775. The average Bonchev–Trinajstić information content (AvgIpc) is 2.19. The van der Waals surface area contributed by atoms with E-state index in [-0.39, 0.29) is 18.8 Å². The van der Waals surface area contributed by atoms with Crippen molar-refractivity contribution < 1.29 is 9.90 Å². The van der Waals surface area contributed by atoms with Crippen LogP contribution in [0, 0.1) is 11.3 Å². The highest BCUT2D eigenvalue weighted by Gasteiger charge is 2.11. The molecule has 1 heterocycles. The van der Waals surface area contributed by atoms with Crippen LogP contribution in [-0.4, -0.2) is 22.1 Å². The Morgan fingerprint density at radius 3 is 2.73 bits per heavy atom. The van der Waals surface area contributed by atoms with Crippen LogP contribution in [0.4, 0.5) is 0 Å². The molecule has 1 rings (SSSR count). The minimum Gasteiger partial charge on any atom is -0.480 e. The fraction of sp³-hybridized carbons (Fsp3) is 0.222. The molecule has 15 heavy (non-hydrogen) atoms. The van der Waals surface area contributed by atoms with Crippen LogP contribution in [0.5, 0.6) is 0 Å². The molecule has 0 amide bonds. The van der Waals surface area contributed by atoms with E-state index in [9.17, 15) is 4.79 Å². The number of rotatable bonds is 3. The normalized spacial score (nSPS) is 10.9. The molecule has 0 aliphatic heterocycles. The van der Waals surface area contributed by atoms with Crippen LogP contribution in [0.15, 0.2) is 18.3 Å². The summed E-state index contributed by atoms with van der Waals surface area (Å²) in [5, 5.41) is 17.0. The molecule has 0 spiro atoms. The number of halogens is 1. The van der Waals surface area contributed by atoms with E-state index in [1.165, 1.54) is 12.3 Å². The number of carbonyl (C=O) groups is 1. The van der Waals surface area contributed by atoms with E-state index in [0.717, 1.165) is 0 Å². The maximum atomic E-state index is 10.4. The van der Waals surface area contributed by atoms with Gasteiger partial charge in [0.15, 0.2) is 0 Å². The number of pyridine rings is 1. The van der Waals surface area contributed by atoms with Gasteiger partial charge < -0.3 is 10.8 Å². The molecule has 0 saturated heterocycles. The summed E-state index contributed by atoms with van der Waals surface area (Å²) in [4.78, 5) is 14.2. The summed E-state index contributed by atoms with van der Waals surface area (Å²) < 4.78 is 0. The lowest BCUT2D eigenvalue weighted by Gasteiger charge is -2.05.